The van der Waals surface area contributed by atoms with Crippen molar-refractivity contribution in [3.05, 3.63) is 35.6 Å². The summed E-state index contributed by atoms with van der Waals surface area (Å²) in [7, 11) is 0. The fraction of sp³-hybridized carbons (Fsp3) is 0.375. The van der Waals surface area contributed by atoms with Crippen molar-refractivity contribution in [1.82, 2.24) is 10.2 Å². The summed E-state index contributed by atoms with van der Waals surface area (Å²) in [6.07, 6.45) is 0.754. The summed E-state index contributed by atoms with van der Waals surface area (Å²) in [5.74, 6) is -1.90. The number of nitrogens with zero attached hydrogens (tertiary/aromatic N) is 1. The molecule has 0 aromatic heterocycles. The van der Waals surface area contributed by atoms with Crippen LogP contribution in [0.3, 0.4) is 0 Å². The number of primary amides is 1. The average molecular weight is 381 g/mol. The Labute approximate surface area is 152 Å². The third kappa shape index (κ3) is 3.24. The second-order valence-electron chi connectivity index (χ2n) is 5.90. The van der Waals surface area contributed by atoms with E-state index in [1.807, 2.05) is 0 Å². The molecule has 0 aliphatic carbocycles. The number of amides is 4. The third-order valence-corrected chi connectivity index (χ3v) is 5.90. The van der Waals surface area contributed by atoms with Gasteiger partial charge < -0.3 is 15.4 Å². The summed E-state index contributed by atoms with van der Waals surface area (Å²) >= 11 is 1.41. The summed E-state index contributed by atoms with van der Waals surface area (Å²) in [5, 5.41) is 1.78. The number of rotatable bonds is 4. The first-order valence-electron chi connectivity index (χ1n) is 7.81. The number of halogens is 1. The van der Waals surface area contributed by atoms with E-state index in [-0.39, 0.29) is 18.1 Å². The van der Waals surface area contributed by atoms with Crippen LogP contribution in [0.4, 0.5) is 9.18 Å². The van der Waals surface area contributed by atoms with Gasteiger partial charge in [0.05, 0.1) is 0 Å². The topological polar surface area (TPSA) is 119 Å². The van der Waals surface area contributed by atoms with Crippen molar-refractivity contribution >= 4 is 35.6 Å². The van der Waals surface area contributed by atoms with Gasteiger partial charge in [-0.2, -0.15) is 0 Å². The van der Waals surface area contributed by atoms with Crippen molar-refractivity contribution < 1.29 is 28.3 Å². The highest BCUT2D eigenvalue weighted by Gasteiger charge is 2.57. The van der Waals surface area contributed by atoms with E-state index in [1.165, 1.54) is 28.8 Å². The molecule has 2 atom stereocenters. The minimum atomic E-state index is -1.05. The molecule has 0 spiro atoms. The number of nitrogens with one attached hydrogen (secondary N) is 1. The van der Waals surface area contributed by atoms with E-state index in [1.54, 1.807) is 17.4 Å². The van der Waals surface area contributed by atoms with Gasteiger partial charge in [0.2, 0.25) is 5.91 Å². The highest BCUT2D eigenvalue weighted by molar-refractivity contribution is 8.00. The second-order valence-corrected chi connectivity index (χ2v) is 7.20. The molecule has 138 valence electrons. The number of fused-ring (bicyclic) bond motifs is 1. The molecule has 0 saturated carbocycles. The number of thioether (sulfide) groups is 1. The van der Waals surface area contributed by atoms with Crippen LogP contribution in [0.5, 0.6) is 0 Å². The molecule has 10 heteroatoms. The molecule has 26 heavy (non-hydrogen) atoms. The van der Waals surface area contributed by atoms with Crippen LogP contribution in [0.2, 0.25) is 0 Å². The van der Waals surface area contributed by atoms with Crippen LogP contribution in [0, 0.1) is 5.82 Å². The van der Waals surface area contributed by atoms with Crippen molar-refractivity contribution in [2.75, 3.05) is 12.4 Å². The lowest BCUT2D eigenvalue weighted by Gasteiger charge is -2.33. The van der Waals surface area contributed by atoms with Crippen LogP contribution in [0.25, 0.3) is 0 Å². The van der Waals surface area contributed by atoms with E-state index in [4.69, 9.17) is 10.5 Å². The summed E-state index contributed by atoms with van der Waals surface area (Å²) in [5.41, 5.74) is 5.54. The van der Waals surface area contributed by atoms with E-state index >= 15 is 0 Å². The lowest BCUT2D eigenvalue weighted by molar-refractivity contribution is -0.156. The van der Waals surface area contributed by atoms with Gasteiger partial charge >= 0.3 is 12.0 Å². The summed E-state index contributed by atoms with van der Waals surface area (Å²) < 4.78 is 18.2. The zero-order valence-corrected chi connectivity index (χ0v) is 14.4. The van der Waals surface area contributed by atoms with Gasteiger partial charge in [-0.1, -0.05) is 12.1 Å². The number of carbonyl (C=O) groups excluding carboxylic acids is 4. The molecule has 0 unspecified atom stereocenters. The zero-order chi connectivity index (χ0) is 18.9. The van der Waals surface area contributed by atoms with Crippen LogP contribution in [0.1, 0.15) is 18.4 Å². The van der Waals surface area contributed by atoms with Gasteiger partial charge in [-0.15, -0.1) is 11.8 Å². The largest absolute Gasteiger partial charge is 0.454 e. The Morgan fingerprint density at radius 1 is 1.35 bits per heavy atom. The highest BCUT2D eigenvalue weighted by Crippen LogP contribution is 2.54. The normalized spacial score (nSPS) is 24.3. The molecule has 0 radical (unpaired) electrons. The number of imide groups is 1. The van der Waals surface area contributed by atoms with Crippen molar-refractivity contribution in [1.29, 1.82) is 0 Å². The number of ether oxygens (including phenoxy) is 1. The molecule has 2 aliphatic rings. The Hall–Kier alpha value is -2.62. The van der Waals surface area contributed by atoms with Crippen LogP contribution >= 0.6 is 11.8 Å². The molecule has 2 heterocycles. The Bertz CT molecular complexity index is 772. The molecular formula is C16H16FN3O5S. The van der Waals surface area contributed by atoms with E-state index in [2.05, 4.69) is 0 Å². The summed E-state index contributed by atoms with van der Waals surface area (Å²) in [4.78, 5) is 47.4. The minimum Gasteiger partial charge on any atom is -0.454 e. The maximum atomic E-state index is 13.2. The Kier molecular flexibility index (Phi) is 4.86. The SMILES string of the molecule is NC(=O)NC(=O)COC(=O)[C@H]1CS[C@@]2(c3ccc(F)cc3)CCC(=O)N12. The smallest absolute Gasteiger partial charge is 0.330 e. The molecule has 3 N–H and O–H groups in total. The number of urea groups is 1. The van der Waals surface area contributed by atoms with Crippen molar-refractivity contribution in [3.8, 4) is 0 Å². The first-order valence-corrected chi connectivity index (χ1v) is 8.80. The van der Waals surface area contributed by atoms with E-state index in [9.17, 15) is 23.6 Å². The number of nitrogens with two attached hydrogens (primary N) is 1. The molecule has 2 saturated heterocycles. The number of carbonyl (C=O) groups is 4. The van der Waals surface area contributed by atoms with E-state index < -0.39 is 35.4 Å². The van der Waals surface area contributed by atoms with Gasteiger partial charge in [0.1, 0.15) is 16.7 Å². The third-order valence-electron chi connectivity index (χ3n) is 4.30. The van der Waals surface area contributed by atoms with E-state index in [0.29, 0.717) is 12.2 Å². The monoisotopic (exact) mass is 381 g/mol. The lowest BCUT2D eigenvalue weighted by Crippen LogP contribution is -2.47. The molecule has 0 bridgehead atoms. The van der Waals surface area contributed by atoms with Gasteiger partial charge in [-0.3, -0.25) is 14.9 Å². The van der Waals surface area contributed by atoms with Crippen molar-refractivity contribution in [2.45, 2.75) is 23.8 Å². The van der Waals surface area contributed by atoms with Crippen LogP contribution in [-0.4, -0.2) is 47.1 Å². The van der Waals surface area contributed by atoms with Gasteiger partial charge in [-0.05, 0) is 24.1 Å². The lowest BCUT2D eigenvalue weighted by atomic mass is 10.0. The van der Waals surface area contributed by atoms with Crippen LogP contribution in [-0.2, 0) is 24.0 Å². The Balaban J connectivity index is 1.75. The second kappa shape index (κ2) is 6.94. The predicted octanol–water partition coefficient (Wildman–Crippen LogP) is 0.454. The molecule has 3 rings (SSSR count). The van der Waals surface area contributed by atoms with Gasteiger partial charge in [-0.25, -0.2) is 14.0 Å². The molecule has 4 amide bonds. The number of hydrogen-bond acceptors (Lipinski definition) is 6. The summed E-state index contributed by atoms with van der Waals surface area (Å²) in [6.45, 7) is -0.672. The van der Waals surface area contributed by atoms with Gasteiger partial charge in [0.15, 0.2) is 6.61 Å². The highest BCUT2D eigenvalue weighted by atomic mass is 32.2. The first kappa shape index (κ1) is 18.2. The van der Waals surface area contributed by atoms with Crippen LogP contribution < -0.4 is 11.1 Å². The maximum Gasteiger partial charge on any atom is 0.330 e. The maximum absolute atomic E-state index is 13.2. The van der Waals surface area contributed by atoms with Crippen LogP contribution in [0.15, 0.2) is 24.3 Å². The molecule has 1 aromatic carbocycles. The molecule has 1 aromatic rings. The van der Waals surface area contributed by atoms with Gasteiger partial charge in [0.25, 0.3) is 5.91 Å². The minimum absolute atomic E-state index is 0.206. The summed E-state index contributed by atoms with van der Waals surface area (Å²) in [6, 6.07) is 3.91. The fourth-order valence-corrected chi connectivity index (χ4v) is 4.87. The Morgan fingerprint density at radius 2 is 2.04 bits per heavy atom. The molecule has 2 fully saturated rings. The molecule has 2 aliphatic heterocycles. The number of esters is 1. The standard InChI is InChI=1S/C16H16FN3O5S/c17-10-3-1-9(2-4-10)16-6-5-13(22)20(16)11(8-26-16)14(23)25-7-12(21)19-15(18)24/h1-4,11H,5-8H2,(H3,18,19,21,24)/t11-,16-/m1/s1. The zero-order valence-electron chi connectivity index (χ0n) is 13.6. The molecule has 8 nitrogen and oxygen atoms in total. The van der Waals surface area contributed by atoms with Crippen molar-refractivity contribution in [3.63, 3.8) is 0 Å². The fourth-order valence-electron chi connectivity index (χ4n) is 3.23. The number of hydrogen-bond donors (Lipinski definition) is 2. The Morgan fingerprint density at radius 3 is 2.69 bits per heavy atom. The number of benzene rings is 1. The van der Waals surface area contributed by atoms with Crippen molar-refractivity contribution in [2.24, 2.45) is 5.73 Å². The predicted molar refractivity (Wildman–Crippen MR) is 89.1 cm³/mol. The quantitative estimate of drug-likeness (QED) is 0.731. The average Bonchev–Trinajstić information content (AvgIpc) is 3.12. The molecular weight excluding hydrogens is 365 g/mol. The van der Waals surface area contributed by atoms with E-state index in [0.717, 1.165) is 5.56 Å². The first-order chi connectivity index (χ1) is 12.3. The van der Waals surface area contributed by atoms with Gasteiger partial charge in [0, 0.05) is 12.2 Å².